The summed E-state index contributed by atoms with van der Waals surface area (Å²) in [7, 11) is 2.11. The molecule has 4 nitrogen and oxygen atoms in total. The number of Topliss-reactive ketones (excluding diaryl/α,β-unsaturated/α-hetero) is 1. The third-order valence-corrected chi connectivity index (χ3v) is 6.13. The molecule has 3 rings (SSSR count). The summed E-state index contributed by atoms with van der Waals surface area (Å²) in [5.74, 6) is 0.0581. The molecule has 0 radical (unpaired) electrons. The Morgan fingerprint density at radius 3 is 2.26 bits per heavy atom. The van der Waals surface area contributed by atoms with Crippen LogP contribution in [0.2, 0.25) is 0 Å². The number of ether oxygens (including phenoxy) is 1. The fraction of sp³-hybridized carbons (Fsp3) is 0.462. The highest BCUT2D eigenvalue weighted by Crippen LogP contribution is 2.32. The molecule has 2 aromatic carbocycles. The molecule has 0 saturated carbocycles. The van der Waals surface area contributed by atoms with E-state index in [2.05, 4.69) is 11.9 Å². The molecule has 1 aliphatic rings. The van der Waals surface area contributed by atoms with E-state index in [0.717, 1.165) is 43.2 Å². The molecule has 0 bridgehead atoms. The molecule has 2 aromatic rings. The van der Waals surface area contributed by atoms with E-state index < -0.39 is 0 Å². The number of nitrogens with zero attached hydrogens (tertiary/aromatic N) is 1. The number of esters is 1. The van der Waals surface area contributed by atoms with Crippen molar-refractivity contribution in [3.63, 3.8) is 0 Å². The van der Waals surface area contributed by atoms with Gasteiger partial charge in [0.25, 0.3) is 0 Å². The molecule has 3 atom stereocenters. The summed E-state index contributed by atoms with van der Waals surface area (Å²) in [6.07, 6.45) is 5.44. The van der Waals surface area contributed by atoms with Gasteiger partial charge >= 0.3 is 5.97 Å². The van der Waals surface area contributed by atoms with Crippen LogP contribution in [-0.4, -0.2) is 35.8 Å². The Balaban J connectivity index is 0.00000341. The number of benzene rings is 2. The van der Waals surface area contributed by atoms with E-state index in [4.69, 9.17) is 4.74 Å². The molecule has 0 amide bonds. The molecule has 0 N–H and O–H groups in total. The van der Waals surface area contributed by atoms with Crippen LogP contribution >= 0.6 is 12.4 Å². The minimum atomic E-state index is -0.249. The number of halogens is 1. The Hall–Kier alpha value is -2.17. The highest BCUT2D eigenvalue weighted by atomic mass is 35.5. The number of rotatable bonds is 9. The zero-order valence-corrected chi connectivity index (χ0v) is 19.4. The first kappa shape index (κ1) is 25.1. The second kappa shape index (κ2) is 12.6. The molecular formula is C26H34ClNO3. The van der Waals surface area contributed by atoms with Crippen LogP contribution in [0.5, 0.6) is 0 Å². The first-order chi connectivity index (χ1) is 14.6. The first-order valence-electron chi connectivity index (χ1n) is 11.1. The Bertz CT molecular complexity index is 812. The second-order valence-electron chi connectivity index (χ2n) is 8.27. The van der Waals surface area contributed by atoms with Crippen LogP contribution in [0.1, 0.15) is 73.9 Å². The molecule has 1 fully saturated rings. The van der Waals surface area contributed by atoms with Crippen LogP contribution in [0.15, 0.2) is 60.7 Å². The SMILES string of the molecule is CCCC(=O)O[C@@H](C[C@@H]1CCC[C@H](CC(=O)c2ccccc2)N1C)c1ccccc1.Cl. The highest BCUT2D eigenvalue weighted by Gasteiger charge is 2.32. The van der Waals surface area contributed by atoms with Crippen LogP contribution in [0.25, 0.3) is 0 Å². The van der Waals surface area contributed by atoms with Crippen molar-refractivity contribution in [3.05, 3.63) is 71.8 Å². The number of carbonyl (C=O) groups excluding carboxylic acids is 2. The number of likely N-dealkylation sites (tertiary alicyclic amines) is 1. The van der Waals surface area contributed by atoms with Gasteiger partial charge < -0.3 is 4.74 Å². The first-order valence-corrected chi connectivity index (χ1v) is 11.1. The van der Waals surface area contributed by atoms with Gasteiger partial charge in [0.05, 0.1) is 0 Å². The second-order valence-corrected chi connectivity index (χ2v) is 8.27. The van der Waals surface area contributed by atoms with Crippen molar-refractivity contribution in [1.82, 2.24) is 4.90 Å². The summed E-state index contributed by atoms with van der Waals surface area (Å²) < 4.78 is 5.88. The quantitative estimate of drug-likeness (QED) is 0.351. The molecule has 1 heterocycles. The molecular weight excluding hydrogens is 410 g/mol. The number of hydrogen-bond acceptors (Lipinski definition) is 4. The van der Waals surface area contributed by atoms with E-state index in [1.54, 1.807) is 0 Å². The standard InChI is InChI=1S/C26H33NO3.ClH/c1-3-11-26(29)30-25(21-14-8-5-9-15-21)19-23-17-10-16-22(27(23)2)18-24(28)20-12-6-4-7-13-20;/h4-9,12-15,22-23,25H,3,10-11,16-19H2,1-2H3;1H/t22-,23+,25+;/m1./s1. The largest absolute Gasteiger partial charge is 0.457 e. The average Bonchev–Trinajstić information content (AvgIpc) is 2.77. The molecule has 5 heteroatoms. The van der Waals surface area contributed by atoms with Crippen molar-refractivity contribution in [3.8, 4) is 0 Å². The van der Waals surface area contributed by atoms with Gasteiger partial charge in [-0.3, -0.25) is 14.5 Å². The van der Waals surface area contributed by atoms with Gasteiger partial charge in [0, 0.05) is 36.9 Å². The fourth-order valence-corrected chi connectivity index (χ4v) is 4.37. The average molecular weight is 444 g/mol. The van der Waals surface area contributed by atoms with Crippen molar-refractivity contribution < 1.29 is 14.3 Å². The predicted octanol–water partition coefficient (Wildman–Crippen LogP) is 6.01. The Labute approximate surface area is 192 Å². The van der Waals surface area contributed by atoms with E-state index in [9.17, 15) is 9.59 Å². The minimum absolute atomic E-state index is 0. The monoisotopic (exact) mass is 443 g/mol. The summed E-state index contributed by atoms with van der Waals surface area (Å²) in [4.78, 5) is 27.3. The topological polar surface area (TPSA) is 46.6 Å². The van der Waals surface area contributed by atoms with Gasteiger partial charge in [-0.1, -0.05) is 74.0 Å². The van der Waals surface area contributed by atoms with Crippen LogP contribution in [-0.2, 0) is 9.53 Å². The molecule has 0 aliphatic carbocycles. The summed E-state index contributed by atoms with van der Waals surface area (Å²) in [5.41, 5.74) is 1.82. The molecule has 168 valence electrons. The van der Waals surface area contributed by atoms with Gasteiger partial charge in [0.1, 0.15) is 6.10 Å². The van der Waals surface area contributed by atoms with E-state index >= 15 is 0 Å². The fourth-order valence-electron chi connectivity index (χ4n) is 4.37. The molecule has 0 aromatic heterocycles. The number of carbonyl (C=O) groups is 2. The molecule has 31 heavy (non-hydrogen) atoms. The summed E-state index contributed by atoms with van der Waals surface area (Å²) in [5, 5.41) is 0. The van der Waals surface area contributed by atoms with E-state index in [-0.39, 0.29) is 42.3 Å². The Morgan fingerprint density at radius 2 is 1.61 bits per heavy atom. The minimum Gasteiger partial charge on any atom is -0.457 e. The van der Waals surface area contributed by atoms with Crippen molar-refractivity contribution in [2.24, 2.45) is 0 Å². The smallest absolute Gasteiger partial charge is 0.306 e. The lowest BCUT2D eigenvalue weighted by molar-refractivity contribution is -0.150. The summed E-state index contributed by atoms with van der Waals surface area (Å²) >= 11 is 0. The Morgan fingerprint density at radius 1 is 1.00 bits per heavy atom. The van der Waals surface area contributed by atoms with Gasteiger partial charge in [0.2, 0.25) is 0 Å². The lowest BCUT2D eigenvalue weighted by Gasteiger charge is -2.40. The van der Waals surface area contributed by atoms with Gasteiger partial charge in [-0.25, -0.2) is 0 Å². The van der Waals surface area contributed by atoms with E-state index in [1.165, 1.54) is 0 Å². The van der Waals surface area contributed by atoms with E-state index in [1.807, 2.05) is 67.6 Å². The molecule has 1 aliphatic heterocycles. The third kappa shape index (κ3) is 7.19. The van der Waals surface area contributed by atoms with Crippen LogP contribution in [0.4, 0.5) is 0 Å². The van der Waals surface area contributed by atoms with Crippen LogP contribution in [0.3, 0.4) is 0 Å². The number of hydrogen-bond donors (Lipinski definition) is 0. The van der Waals surface area contributed by atoms with Gasteiger partial charge in [-0.15, -0.1) is 12.4 Å². The van der Waals surface area contributed by atoms with Crippen LogP contribution < -0.4 is 0 Å². The molecule has 1 saturated heterocycles. The summed E-state index contributed by atoms with van der Waals surface area (Å²) in [6.45, 7) is 1.99. The Kier molecular flexibility index (Phi) is 10.2. The maximum absolute atomic E-state index is 12.7. The van der Waals surface area contributed by atoms with Gasteiger partial charge in [-0.2, -0.15) is 0 Å². The van der Waals surface area contributed by atoms with Crippen molar-refractivity contribution in [2.75, 3.05) is 7.05 Å². The zero-order valence-electron chi connectivity index (χ0n) is 18.5. The summed E-state index contributed by atoms with van der Waals surface area (Å²) in [6, 6.07) is 20.1. The lowest BCUT2D eigenvalue weighted by Crippen LogP contribution is -2.45. The van der Waals surface area contributed by atoms with E-state index in [0.29, 0.717) is 12.8 Å². The highest BCUT2D eigenvalue weighted by molar-refractivity contribution is 5.96. The van der Waals surface area contributed by atoms with Gasteiger partial charge in [-0.05, 0) is 31.9 Å². The molecule has 0 unspecified atom stereocenters. The van der Waals surface area contributed by atoms with Crippen molar-refractivity contribution in [1.29, 1.82) is 0 Å². The number of piperidine rings is 1. The number of ketones is 1. The third-order valence-electron chi connectivity index (χ3n) is 6.13. The maximum Gasteiger partial charge on any atom is 0.306 e. The lowest BCUT2D eigenvalue weighted by atomic mass is 9.88. The predicted molar refractivity (Wildman–Crippen MR) is 127 cm³/mol. The zero-order chi connectivity index (χ0) is 21.3. The van der Waals surface area contributed by atoms with Crippen molar-refractivity contribution >= 4 is 24.2 Å². The van der Waals surface area contributed by atoms with Crippen LogP contribution in [0, 0.1) is 0 Å². The molecule has 0 spiro atoms. The van der Waals surface area contributed by atoms with Crippen molar-refractivity contribution in [2.45, 2.75) is 70.1 Å². The van der Waals surface area contributed by atoms with Gasteiger partial charge in [0.15, 0.2) is 5.78 Å². The normalized spacial score (nSPS) is 19.8. The maximum atomic E-state index is 12.7.